The smallest absolute Gasteiger partial charge is 0.194 e. The van der Waals surface area contributed by atoms with Gasteiger partial charge in [-0.2, -0.15) is 5.10 Å². The van der Waals surface area contributed by atoms with Crippen LogP contribution in [0.25, 0.3) is 4.96 Å². The van der Waals surface area contributed by atoms with E-state index in [1.165, 1.54) is 10.6 Å². The maximum Gasteiger partial charge on any atom is 0.194 e. The van der Waals surface area contributed by atoms with Crippen LogP contribution in [0.5, 0.6) is 0 Å². The molecule has 3 aromatic heterocycles. The van der Waals surface area contributed by atoms with Crippen LogP contribution in [0.4, 0.5) is 0 Å². The van der Waals surface area contributed by atoms with E-state index in [4.69, 9.17) is 0 Å². The van der Waals surface area contributed by atoms with Crippen molar-refractivity contribution in [2.75, 3.05) is 6.54 Å². The van der Waals surface area contributed by atoms with Gasteiger partial charge in [-0.05, 0) is 19.9 Å². The summed E-state index contributed by atoms with van der Waals surface area (Å²) in [5, 5.41) is 7.63. The highest BCUT2D eigenvalue weighted by molar-refractivity contribution is 7.17. The van der Waals surface area contributed by atoms with Crippen molar-refractivity contribution in [3.63, 3.8) is 0 Å². The molecule has 0 saturated heterocycles. The summed E-state index contributed by atoms with van der Waals surface area (Å²) in [5.74, 6) is 0. The van der Waals surface area contributed by atoms with Crippen molar-refractivity contribution in [1.82, 2.24) is 24.5 Å². The number of imidazole rings is 1. The Morgan fingerprint density at radius 3 is 3.05 bits per heavy atom. The highest BCUT2D eigenvalue weighted by atomic mass is 32.1. The zero-order chi connectivity index (χ0) is 13.2. The Kier molecular flexibility index (Phi) is 3.35. The minimum atomic E-state index is 0.838. The van der Waals surface area contributed by atoms with Crippen molar-refractivity contribution in [3.8, 4) is 0 Å². The second kappa shape index (κ2) is 5.14. The van der Waals surface area contributed by atoms with Gasteiger partial charge in [-0.25, -0.2) is 4.98 Å². The Morgan fingerprint density at radius 1 is 1.37 bits per heavy atom. The van der Waals surface area contributed by atoms with Crippen molar-refractivity contribution in [3.05, 3.63) is 40.9 Å². The fraction of sp³-hybridized carbons (Fsp3) is 0.385. The van der Waals surface area contributed by atoms with E-state index >= 15 is 0 Å². The molecular weight excluding hydrogens is 258 g/mol. The number of thiazole rings is 1. The lowest BCUT2D eigenvalue weighted by Crippen LogP contribution is -2.20. The number of hydrogen-bond donors (Lipinski definition) is 1. The zero-order valence-electron chi connectivity index (χ0n) is 11.1. The summed E-state index contributed by atoms with van der Waals surface area (Å²) in [6, 6.07) is 1.94. The van der Waals surface area contributed by atoms with Crippen LogP contribution >= 0.6 is 11.3 Å². The van der Waals surface area contributed by atoms with Gasteiger partial charge in [0.15, 0.2) is 4.96 Å². The molecule has 0 fully saturated rings. The van der Waals surface area contributed by atoms with Crippen molar-refractivity contribution in [1.29, 1.82) is 0 Å². The molecule has 6 heteroatoms. The largest absolute Gasteiger partial charge is 0.309 e. The molecule has 1 N–H and O–H groups in total. The molecule has 0 amide bonds. The van der Waals surface area contributed by atoms with Gasteiger partial charge in [0.1, 0.15) is 0 Å². The summed E-state index contributed by atoms with van der Waals surface area (Å²) in [7, 11) is 0. The zero-order valence-corrected chi connectivity index (χ0v) is 11.9. The maximum atomic E-state index is 4.59. The highest BCUT2D eigenvalue weighted by Crippen LogP contribution is 2.20. The highest BCUT2D eigenvalue weighted by Gasteiger charge is 2.10. The topological polar surface area (TPSA) is 47.1 Å². The van der Waals surface area contributed by atoms with E-state index in [1.54, 1.807) is 17.5 Å². The first-order valence-corrected chi connectivity index (χ1v) is 7.18. The third kappa shape index (κ3) is 2.54. The lowest BCUT2D eigenvalue weighted by atomic mass is 10.3. The molecular formula is C13H17N5S. The number of rotatable bonds is 5. The number of nitrogens with one attached hydrogen (secondary N) is 1. The van der Waals surface area contributed by atoms with Crippen molar-refractivity contribution in [2.45, 2.75) is 26.9 Å². The van der Waals surface area contributed by atoms with Gasteiger partial charge in [0.25, 0.3) is 0 Å². The molecule has 0 atom stereocenters. The van der Waals surface area contributed by atoms with Gasteiger partial charge in [0.2, 0.25) is 0 Å². The van der Waals surface area contributed by atoms with Crippen LogP contribution in [0.1, 0.15) is 16.3 Å². The van der Waals surface area contributed by atoms with Crippen molar-refractivity contribution < 1.29 is 0 Å². The van der Waals surface area contributed by atoms with Gasteiger partial charge in [-0.3, -0.25) is 9.08 Å². The fourth-order valence-corrected chi connectivity index (χ4v) is 3.05. The average Bonchev–Trinajstić information content (AvgIpc) is 3.03. The van der Waals surface area contributed by atoms with Crippen LogP contribution < -0.4 is 5.32 Å². The van der Waals surface area contributed by atoms with Crippen LogP contribution in [0.15, 0.2) is 24.7 Å². The normalized spacial score (nSPS) is 11.5. The van der Waals surface area contributed by atoms with Crippen LogP contribution in [0, 0.1) is 13.8 Å². The summed E-state index contributed by atoms with van der Waals surface area (Å²) in [4.78, 5) is 6.96. The van der Waals surface area contributed by atoms with Gasteiger partial charge < -0.3 is 5.32 Å². The van der Waals surface area contributed by atoms with Gasteiger partial charge >= 0.3 is 0 Å². The minimum absolute atomic E-state index is 0.838. The van der Waals surface area contributed by atoms with E-state index in [0.29, 0.717) is 0 Å². The Balaban J connectivity index is 1.63. The summed E-state index contributed by atoms with van der Waals surface area (Å²) in [5.41, 5.74) is 2.36. The van der Waals surface area contributed by atoms with Gasteiger partial charge in [-0.1, -0.05) is 0 Å². The number of aromatic nitrogens is 4. The molecule has 3 rings (SSSR count). The molecule has 0 bridgehead atoms. The minimum Gasteiger partial charge on any atom is -0.309 e. The third-order valence-corrected chi connectivity index (χ3v) is 4.01. The summed E-state index contributed by atoms with van der Waals surface area (Å²) in [6.45, 7) is 6.81. The van der Waals surface area contributed by atoms with Crippen LogP contribution in [-0.2, 0) is 13.1 Å². The molecule has 0 saturated carbocycles. The second-order valence-corrected chi connectivity index (χ2v) is 5.80. The van der Waals surface area contributed by atoms with Crippen molar-refractivity contribution in [2.24, 2.45) is 0 Å². The number of fused-ring (bicyclic) bond motifs is 1. The molecule has 3 heterocycles. The number of aryl methyl sites for hydroxylation is 2. The lowest BCUT2D eigenvalue weighted by Gasteiger charge is -2.05. The molecule has 0 unspecified atom stereocenters. The molecule has 0 aliphatic carbocycles. The third-order valence-electron chi connectivity index (χ3n) is 3.11. The van der Waals surface area contributed by atoms with E-state index in [0.717, 1.165) is 30.3 Å². The molecule has 0 spiro atoms. The SMILES string of the molecule is Cc1cn2c(CNCCn3cccn3)c(C)nc2s1. The van der Waals surface area contributed by atoms with Gasteiger partial charge in [0.05, 0.1) is 17.9 Å². The first-order chi connectivity index (χ1) is 9.24. The lowest BCUT2D eigenvalue weighted by molar-refractivity contribution is 0.550. The second-order valence-electron chi connectivity index (χ2n) is 4.58. The van der Waals surface area contributed by atoms with Gasteiger partial charge in [0, 0.05) is 36.6 Å². The van der Waals surface area contributed by atoms with E-state index in [-0.39, 0.29) is 0 Å². The van der Waals surface area contributed by atoms with Crippen LogP contribution in [-0.4, -0.2) is 25.7 Å². The molecule has 0 aliphatic rings. The van der Waals surface area contributed by atoms with E-state index in [2.05, 4.69) is 39.8 Å². The number of hydrogen-bond acceptors (Lipinski definition) is 4. The Labute approximate surface area is 115 Å². The monoisotopic (exact) mass is 275 g/mol. The molecule has 100 valence electrons. The Hall–Kier alpha value is -1.66. The molecule has 0 aromatic carbocycles. The maximum absolute atomic E-state index is 4.59. The van der Waals surface area contributed by atoms with E-state index < -0.39 is 0 Å². The van der Waals surface area contributed by atoms with Gasteiger partial charge in [-0.15, -0.1) is 11.3 Å². The molecule has 5 nitrogen and oxygen atoms in total. The molecule has 0 radical (unpaired) electrons. The summed E-state index contributed by atoms with van der Waals surface area (Å²) >= 11 is 1.73. The van der Waals surface area contributed by atoms with Crippen LogP contribution in [0.3, 0.4) is 0 Å². The fourth-order valence-electron chi connectivity index (χ4n) is 2.16. The predicted molar refractivity (Wildman–Crippen MR) is 76.5 cm³/mol. The number of nitrogens with zero attached hydrogens (tertiary/aromatic N) is 4. The predicted octanol–water partition coefficient (Wildman–Crippen LogP) is 2.00. The quantitative estimate of drug-likeness (QED) is 0.724. The molecule has 0 aliphatic heterocycles. The van der Waals surface area contributed by atoms with E-state index in [9.17, 15) is 0 Å². The van der Waals surface area contributed by atoms with E-state index in [1.807, 2.05) is 16.9 Å². The summed E-state index contributed by atoms with van der Waals surface area (Å²) < 4.78 is 4.12. The van der Waals surface area contributed by atoms with Crippen molar-refractivity contribution >= 4 is 16.3 Å². The standard InChI is InChI=1S/C13H17N5S/c1-10-9-18-12(11(2)16-13(18)19-10)8-14-5-7-17-6-3-4-15-17/h3-4,6,9,14H,5,7-8H2,1-2H3. The molecule has 19 heavy (non-hydrogen) atoms. The first-order valence-electron chi connectivity index (χ1n) is 6.36. The Morgan fingerprint density at radius 2 is 2.26 bits per heavy atom. The van der Waals surface area contributed by atoms with Crippen LogP contribution in [0.2, 0.25) is 0 Å². The summed E-state index contributed by atoms with van der Waals surface area (Å²) in [6.07, 6.45) is 5.94. The Bertz CT molecular complexity index is 665. The average molecular weight is 275 g/mol. The first kappa shape index (κ1) is 12.4. The molecule has 3 aromatic rings.